The summed E-state index contributed by atoms with van der Waals surface area (Å²) in [4.78, 5) is 11.0. The molecule has 0 saturated carbocycles. The van der Waals surface area contributed by atoms with E-state index < -0.39 is 5.72 Å². The predicted octanol–water partition coefficient (Wildman–Crippen LogP) is 1.91. The smallest absolute Gasteiger partial charge is 0.305 e. The van der Waals surface area contributed by atoms with Gasteiger partial charge in [0, 0.05) is 26.4 Å². The maximum atomic E-state index is 11.0. The number of hydrogen-bond donors (Lipinski definition) is 1. The van der Waals surface area contributed by atoms with E-state index in [0.717, 1.165) is 5.57 Å². The molecule has 0 aromatic carbocycles. The molecule has 1 rings (SSSR count). The van der Waals surface area contributed by atoms with Crippen molar-refractivity contribution in [3.8, 4) is 0 Å². The zero-order valence-corrected chi connectivity index (χ0v) is 12.4. The summed E-state index contributed by atoms with van der Waals surface area (Å²) in [6.45, 7) is 2.14. The Balaban J connectivity index is 0.00000324. The number of ether oxygens (including phenoxy) is 3. The van der Waals surface area contributed by atoms with Crippen molar-refractivity contribution in [2.75, 3.05) is 20.8 Å². The second kappa shape index (κ2) is 8.19. The Bertz CT molecular complexity index is 368. The lowest BCUT2D eigenvalue weighted by atomic mass is 9.94. The van der Waals surface area contributed by atoms with Crippen LogP contribution in [0.3, 0.4) is 0 Å². The van der Waals surface area contributed by atoms with Crippen molar-refractivity contribution in [3.05, 3.63) is 23.5 Å². The highest BCUT2D eigenvalue weighted by Crippen LogP contribution is 2.29. The lowest BCUT2D eigenvalue weighted by molar-refractivity contribution is -0.143. The molecule has 0 heterocycles. The van der Waals surface area contributed by atoms with Crippen molar-refractivity contribution < 1.29 is 19.0 Å². The van der Waals surface area contributed by atoms with Gasteiger partial charge in [0.15, 0.2) is 5.72 Å². The molecule has 1 atom stereocenters. The Hall–Kier alpha value is -1.04. The summed E-state index contributed by atoms with van der Waals surface area (Å²) in [5.74, 6) is 0.407. The summed E-state index contributed by atoms with van der Waals surface area (Å²) in [7, 11) is 3.11. The first-order chi connectivity index (χ1) is 8.55. The molecular weight excluding hydrogens is 270 g/mol. The van der Waals surface area contributed by atoms with Crippen LogP contribution in [0.25, 0.3) is 0 Å². The molecule has 110 valence electrons. The Kier molecular flexibility index (Phi) is 7.75. The van der Waals surface area contributed by atoms with E-state index in [0.29, 0.717) is 31.6 Å². The van der Waals surface area contributed by atoms with Gasteiger partial charge in [0.25, 0.3) is 0 Å². The van der Waals surface area contributed by atoms with Crippen LogP contribution in [-0.4, -0.2) is 32.5 Å². The third-order valence-corrected chi connectivity index (χ3v) is 2.94. The van der Waals surface area contributed by atoms with Gasteiger partial charge in [0.05, 0.1) is 13.7 Å². The Morgan fingerprint density at radius 1 is 1.42 bits per heavy atom. The van der Waals surface area contributed by atoms with Crippen LogP contribution in [0.1, 0.15) is 26.2 Å². The van der Waals surface area contributed by atoms with Crippen molar-refractivity contribution in [3.63, 3.8) is 0 Å². The molecule has 1 aliphatic rings. The van der Waals surface area contributed by atoms with Gasteiger partial charge in [0.1, 0.15) is 5.76 Å². The molecule has 0 aromatic rings. The summed E-state index contributed by atoms with van der Waals surface area (Å²) >= 11 is 0. The Morgan fingerprint density at radius 2 is 2.11 bits per heavy atom. The Morgan fingerprint density at radius 3 is 2.63 bits per heavy atom. The number of carbonyl (C=O) groups excluding carboxylic acids is 1. The SMILES string of the molecule is CCC(=O)OCCC1=CC=C(OC)C(N)(OC)C1.Cl. The second-order valence-corrected chi connectivity index (χ2v) is 4.15. The van der Waals surface area contributed by atoms with E-state index in [-0.39, 0.29) is 18.4 Å². The highest BCUT2D eigenvalue weighted by molar-refractivity contribution is 5.85. The number of rotatable bonds is 6. The van der Waals surface area contributed by atoms with E-state index in [1.165, 1.54) is 0 Å². The molecular formula is C13H22ClNO4. The van der Waals surface area contributed by atoms with Gasteiger partial charge < -0.3 is 14.2 Å². The van der Waals surface area contributed by atoms with Gasteiger partial charge in [0.2, 0.25) is 0 Å². The fraction of sp³-hybridized carbons (Fsp3) is 0.615. The molecule has 1 aliphatic carbocycles. The molecule has 0 fully saturated rings. The summed E-state index contributed by atoms with van der Waals surface area (Å²) in [5, 5.41) is 0. The Labute approximate surface area is 120 Å². The van der Waals surface area contributed by atoms with Crippen molar-refractivity contribution in [2.45, 2.75) is 31.9 Å². The minimum Gasteiger partial charge on any atom is -0.497 e. The van der Waals surface area contributed by atoms with Crippen molar-refractivity contribution >= 4 is 18.4 Å². The lowest BCUT2D eigenvalue weighted by Gasteiger charge is -2.32. The van der Waals surface area contributed by atoms with E-state index in [1.54, 1.807) is 27.2 Å². The van der Waals surface area contributed by atoms with Gasteiger partial charge in [-0.1, -0.05) is 18.6 Å². The average molecular weight is 292 g/mol. The van der Waals surface area contributed by atoms with Crippen molar-refractivity contribution in [1.29, 1.82) is 0 Å². The van der Waals surface area contributed by atoms with Gasteiger partial charge in [-0.05, 0) is 6.08 Å². The molecule has 0 radical (unpaired) electrons. The highest BCUT2D eigenvalue weighted by Gasteiger charge is 2.33. The zero-order chi connectivity index (χ0) is 13.6. The fourth-order valence-corrected chi connectivity index (χ4v) is 1.80. The van der Waals surface area contributed by atoms with Gasteiger partial charge >= 0.3 is 5.97 Å². The van der Waals surface area contributed by atoms with Crippen LogP contribution in [0, 0.1) is 0 Å². The number of hydrogen-bond acceptors (Lipinski definition) is 5. The quantitative estimate of drug-likeness (QED) is 0.598. The van der Waals surface area contributed by atoms with Crippen LogP contribution in [-0.2, 0) is 19.0 Å². The first kappa shape index (κ1) is 18.0. The van der Waals surface area contributed by atoms with Crippen LogP contribution in [0.4, 0.5) is 0 Å². The predicted molar refractivity (Wildman–Crippen MR) is 74.8 cm³/mol. The van der Waals surface area contributed by atoms with Gasteiger partial charge in [-0.2, -0.15) is 0 Å². The van der Waals surface area contributed by atoms with E-state index >= 15 is 0 Å². The second-order valence-electron chi connectivity index (χ2n) is 4.15. The molecule has 2 N–H and O–H groups in total. The van der Waals surface area contributed by atoms with Crippen LogP contribution < -0.4 is 5.73 Å². The number of halogens is 1. The number of carbonyl (C=O) groups is 1. The zero-order valence-electron chi connectivity index (χ0n) is 11.6. The third-order valence-electron chi connectivity index (χ3n) is 2.94. The van der Waals surface area contributed by atoms with E-state index in [1.807, 2.05) is 6.08 Å². The largest absolute Gasteiger partial charge is 0.497 e. The molecule has 0 aromatic heterocycles. The molecule has 0 bridgehead atoms. The van der Waals surface area contributed by atoms with Gasteiger partial charge in [-0.3, -0.25) is 10.5 Å². The topological polar surface area (TPSA) is 70.8 Å². The molecule has 0 amide bonds. The summed E-state index contributed by atoms with van der Waals surface area (Å²) in [6, 6.07) is 0. The van der Waals surface area contributed by atoms with E-state index in [9.17, 15) is 4.79 Å². The minimum absolute atomic E-state index is 0. The fourth-order valence-electron chi connectivity index (χ4n) is 1.80. The molecule has 6 heteroatoms. The normalized spacial score (nSPS) is 21.9. The monoisotopic (exact) mass is 291 g/mol. The average Bonchev–Trinajstić information content (AvgIpc) is 2.38. The first-order valence-corrected chi connectivity index (χ1v) is 5.99. The third kappa shape index (κ3) is 4.86. The van der Waals surface area contributed by atoms with E-state index in [2.05, 4.69) is 0 Å². The number of nitrogens with two attached hydrogens (primary N) is 1. The number of esters is 1. The van der Waals surface area contributed by atoms with Crippen LogP contribution >= 0.6 is 12.4 Å². The lowest BCUT2D eigenvalue weighted by Crippen LogP contribution is -2.46. The standard InChI is InChI=1S/C13H21NO4.ClH/c1-4-12(15)18-8-7-10-5-6-11(16-2)13(14,9-10)17-3;/h5-6H,4,7-9,14H2,1-3H3;1H. The molecule has 19 heavy (non-hydrogen) atoms. The highest BCUT2D eigenvalue weighted by atomic mass is 35.5. The number of allylic oxidation sites excluding steroid dienone is 2. The molecule has 5 nitrogen and oxygen atoms in total. The summed E-state index contributed by atoms with van der Waals surface area (Å²) in [6.07, 6.45) is 5.31. The van der Waals surface area contributed by atoms with E-state index in [4.69, 9.17) is 19.9 Å². The first-order valence-electron chi connectivity index (χ1n) is 5.99. The van der Waals surface area contributed by atoms with Gasteiger partial charge in [-0.25, -0.2) is 0 Å². The van der Waals surface area contributed by atoms with Crippen molar-refractivity contribution in [2.24, 2.45) is 5.73 Å². The molecule has 0 saturated heterocycles. The molecule has 0 spiro atoms. The number of methoxy groups -OCH3 is 2. The van der Waals surface area contributed by atoms with Gasteiger partial charge in [-0.15, -0.1) is 12.4 Å². The summed E-state index contributed by atoms with van der Waals surface area (Å²) in [5.41, 5.74) is 6.25. The van der Waals surface area contributed by atoms with Crippen molar-refractivity contribution in [1.82, 2.24) is 0 Å². The maximum Gasteiger partial charge on any atom is 0.305 e. The molecule has 1 unspecified atom stereocenters. The van der Waals surface area contributed by atoms with Crippen LogP contribution in [0.2, 0.25) is 0 Å². The molecule has 0 aliphatic heterocycles. The minimum atomic E-state index is -0.923. The maximum absolute atomic E-state index is 11.0. The van der Waals surface area contributed by atoms with Crippen LogP contribution in [0.5, 0.6) is 0 Å². The van der Waals surface area contributed by atoms with Crippen LogP contribution in [0.15, 0.2) is 23.5 Å². The summed E-state index contributed by atoms with van der Waals surface area (Å²) < 4.78 is 15.5.